The predicted octanol–water partition coefficient (Wildman–Crippen LogP) is 15.8. The van der Waals surface area contributed by atoms with E-state index in [1.54, 1.807) is 11.1 Å². The van der Waals surface area contributed by atoms with Crippen molar-refractivity contribution in [2.24, 2.45) is 23.7 Å². The van der Waals surface area contributed by atoms with Gasteiger partial charge in [0, 0.05) is 33.2 Å². The van der Waals surface area contributed by atoms with Gasteiger partial charge in [-0.25, -0.2) is 0 Å². The summed E-state index contributed by atoms with van der Waals surface area (Å²) in [5.74, 6) is 3.26. The smallest absolute Gasteiger partial charge is 0.136 e. The molecule has 5 aliphatic rings. The zero-order valence-electron chi connectivity index (χ0n) is 33.6. The van der Waals surface area contributed by atoms with E-state index in [9.17, 15) is 0 Å². The number of para-hydroxylation sites is 1. The van der Waals surface area contributed by atoms with Gasteiger partial charge < -0.3 is 9.32 Å². The molecule has 0 aliphatic heterocycles. The Labute approximate surface area is 351 Å². The Morgan fingerprint density at radius 2 is 0.867 bits per heavy atom. The van der Waals surface area contributed by atoms with Crippen molar-refractivity contribution in [1.82, 2.24) is 0 Å². The summed E-state index contributed by atoms with van der Waals surface area (Å²) in [6.45, 7) is 0. The third-order valence-electron chi connectivity index (χ3n) is 15.1. The molecule has 8 aromatic carbocycles. The van der Waals surface area contributed by atoms with Crippen LogP contribution in [0.15, 0.2) is 192 Å². The highest BCUT2D eigenvalue weighted by atomic mass is 16.3. The Bertz CT molecular complexity index is 3050. The SMILES string of the molecule is c1ccc(-c2ccc(-c3ccc(N(c4ccc(-c5ccc6c(c5)oc5ccccc56)cc4)c4ccc5c(c4)C4(c6ccccc6-5)C5CC6CC(C5)CC4C6)cc3)cc2)cc1. The Morgan fingerprint density at radius 1 is 0.367 bits per heavy atom. The Balaban J connectivity index is 0.915. The minimum Gasteiger partial charge on any atom is -0.456 e. The first-order chi connectivity index (χ1) is 29.7. The summed E-state index contributed by atoms with van der Waals surface area (Å²) in [5.41, 5.74) is 18.8. The Kier molecular flexibility index (Phi) is 7.52. The third kappa shape index (κ3) is 5.13. The summed E-state index contributed by atoms with van der Waals surface area (Å²) in [4.78, 5) is 2.49. The summed E-state index contributed by atoms with van der Waals surface area (Å²) in [7, 11) is 0. The van der Waals surface area contributed by atoms with Crippen molar-refractivity contribution >= 4 is 39.0 Å². The van der Waals surface area contributed by atoms with Gasteiger partial charge in [-0.3, -0.25) is 0 Å². The molecule has 0 atom stereocenters. The van der Waals surface area contributed by atoms with Crippen LogP contribution in [0.2, 0.25) is 0 Å². The van der Waals surface area contributed by atoms with Gasteiger partial charge >= 0.3 is 0 Å². The zero-order valence-corrected chi connectivity index (χ0v) is 33.6. The van der Waals surface area contributed by atoms with Crippen molar-refractivity contribution in [3.05, 3.63) is 199 Å². The van der Waals surface area contributed by atoms with E-state index in [-0.39, 0.29) is 5.41 Å². The second-order valence-electron chi connectivity index (χ2n) is 18.1. The van der Waals surface area contributed by atoms with Crippen molar-refractivity contribution in [1.29, 1.82) is 0 Å². The van der Waals surface area contributed by atoms with Crippen LogP contribution < -0.4 is 4.90 Å². The van der Waals surface area contributed by atoms with Crippen LogP contribution >= 0.6 is 0 Å². The van der Waals surface area contributed by atoms with E-state index >= 15 is 0 Å². The van der Waals surface area contributed by atoms with Gasteiger partial charge in [0.2, 0.25) is 0 Å². The lowest BCUT2D eigenvalue weighted by Crippen LogP contribution is -2.55. The molecular formula is C58H45NO. The summed E-state index contributed by atoms with van der Waals surface area (Å²) < 4.78 is 6.29. The molecule has 60 heavy (non-hydrogen) atoms. The first-order valence-corrected chi connectivity index (χ1v) is 22.0. The molecule has 5 aliphatic carbocycles. The molecule has 4 saturated carbocycles. The van der Waals surface area contributed by atoms with Crippen molar-refractivity contribution in [2.45, 2.75) is 37.5 Å². The highest BCUT2D eigenvalue weighted by Gasteiger charge is 2.61. The van der Waals surface area contributed by atoms with Gasteiger partial charge in [-0.2, -0.15) is 0 Å². The molecule has 0 saturated heterocycles. The highest BCUT2D eigenvalue weighted by Crippen LogP contribution is 2.69. The molecule has 1 spiro atoms. The van der Waals surface area contributed by atoms with E-state index in [4.69, 9.17) is 4.42 Å². The fraction of sp³-hybridized carbons (Fsp3) is 0.172. The summed E-state index contributed by atoms with van der Waals surface area (Å²) in [6, 6.07) is 69.8. The van der Waals surface area contributed by atoms with Crippen LogP contribution in [0.25, 0.3) is 66.4 Å². The average Bonchev–Trinajstić information content (AvgIpc) is 3.82. The molecule has 0 amide bonds. The van der Waals surface area contributed by atoms with Gasteiger partial charge in [-0.1, -0.05) is 133 Å². The quantitative estimate of drug-likeness (QED) is 0.167. The monoisotopic (exact) mass is 771 g/mol. The molecule has 1 heterocycles. The van der Waals surface area contributed by atoms with Crippen molar-refractivity contribution in [3.63, 3.8) is 0 Å². The maximum Gasteiger partial charge on any atom is 0.136 e. The molecule has 4 fully saturated rings. The number of hydrogen-bond donors (Lipinski definition) is 0. The number of fused-ring (bicyclic) bond motifs is 6. The lowest BCUT2D eigenvalue weighted by Gasteiger charge is -2.61. The molecule has 288 valence electrons. The Morgan fingerprint density at radius 3 is 1.55 bits per heavy atom. The molecule has 0 unspecified atom stereocenters. The lowest BCUT2D eigenvalue weighted by molar-refractivity contribution is -0.0399. The van der Waals surface area contributed by atoms with Crippen LogP contribution in [-0.2, 0) is 5.41 Å². The van der Waals surface area contributed by atoms with Gasteiger partial charge in [0.1, 0.15) is 11.2 Å². The third-order valence-corrected chi connectivity index (χ3v) is 15.1. The normalized spacial score (nSPS) is 22.1. The maximum atomic E-state index is 6.29. The van der Waals surface area contributed by atoms with Crippen molar-refractivity contribution in [3.8, 4) is 44.5 Å². The number of benzene rings is 8. The fourth-order valence-corrected chi connectivity index (χ4v) is 12.7. The number of rotatable bonds is 6. The second kappa shape index (κ2) is 13.2. The van der Waals surface area contributed by atoms with E-state index in [0.29, 0.717) is 0 Å². The van der Waals surface area contributed by atoms with E-state index < -0.39 is 0 Å². The number of furan rings is 1. The predicted molar refractivity (Wildman–Crippen MR) is 248 cm³/mol. The largest absolute Gasteiger partial charge is 0.456 e. The van der Waals surface area contributed by atoms with E-state index in [2.05, 4.69) is 187 Å². The van der Waals surface area contributed by atoms with Crippen LogP contribution in [0.3, 0.4) is 0 Å². The second-order valence-corrected chi connectivity index (χ2v) is 18.1. The first-order valence-electron chi connectivity index (χ1n) is 22.0. The molecule has 9 aromatic rings. The van der Waals surface area contributed by atoms with Gasteiger partial charge in [0.15, 0.2) is 0 Å². The topological polar surface area (TPSA) is 16.4 Å². The fourth-order valence-electron chi connectivity index (χ4n) is 12.7. The summed E-state index contributed by atoms with van der Waals surface area (Å²) >= 11 is 0. The van der Waals surface area contributed by atoms with Crippen LogP contribution in [0, 0.1) is 23.7 Å². The van der Waals surface area contributed by atoms with Gasteiger partial charge in [0.05, 0.1) is 0 Å². The van der Waals surface area contributed by atoms with Crippen LogP contribution in [0.1, 0.15) is 43.2 Å². The van der Waals surface area contributed by atoms with Gasteiger partial charge in [-0.05, 0) is 166 Å². The van der Waals surface area contributed by atoms with Crippen molar-refractivity contribution in [2.75, 3.05) is 4.90 Å². The lowest BCUT2D eigenvalue weighted by atomic mass is 9.43. The van der Waals surface area contributed by atoms with E-state index in [1.165, 1.54) is 76.7 Å². The Hall–Kier alpha value is -6.64. The molecule has 4 bridgehead atoms. The molecule has 2 nitrogen and oxygen atoms in total. The van der Waals surface area contributed by atoms with Crippen LogP contribution in [-0.4, -0.2) is 0 Å². The van der Waals surface area contributed by atoms with E-state index in [1.807, 2.05) is 6.07 Å². The highest BCUT2D eigenvalue weighted by molar-refractivity contribution is 6.06. The standard InChI is InChI=1S/C58H45NO/c1-2-8-39(9-3-1)40-14-16-41(17-15-40)42-18-23-47(24-19-42)59(48-25-20-43(21-26-48)44-22-28-53-52-11-5-7-13-56(52)60-57(53)35-44)49-27-29-51-50-10-4-6-12-54(50)58(55(51)36-49)45-31-37-30-38(33-45)34-46(58)32-37/h1-29,35-38,45-46H,30-34H2. The van der Waals surface area contributed by atoms with Crippen LogP contribution in [0.4, 0.5) is 17.1 Å². The maximum absolute atomic E-state index is 6.29. The van der Waals surface area contributed by atoms with Crippen molar-refractivity contribution < 1.29 is 4.42 Å². The molecule has 0 N–H and O–H groups in total. The number of nitrogens with zero attached hydrogens (tertiary/aromatic N) is 1. The molecule has 0 radical (unpaired) electrons. The van der Waals surface area contributed by atoms with Crippen LogP contribution in [0.5, 0.6) is 0 Å². The van der Waals surface area contributed by atoms with Gasteiger partial charge in [0.25, 0.3) is 0 Å². The average molecular weight is 772 g/mol. The minimum absolute atomic E-state index is 0.107. The van der Waals surface area contributed by atoms with E-state index in [0.717, 1.165) is 62.5 Å². The molecule has 1 aromatic heterocycles. The molecule has 2 heteroatoms. The molecule has 14 rings (SSSR count). The molecular weight excluding hydrogens is 727 g/mol. The summed E-state index contributed by atoms with van der Waals surface area (Å²) in [6.07, 6.45) is 6.97. The number of anilines is 3. The zero-order chi connectivity index (χ0) is 39.4. The number of hydrogen-bond acceptors (Lipinski definition) is 2. The first kappa shape index (κ1) is 34.2. The van der Waals surface area contributed by atoms with Gasteiger partial charge in [-0.15, -0.1) is 0 Å². The summed E-state index contributed by atoms with van der Waals surface area (Å²) in [5, 5.41) is 2.32. The minimum atomic E-state index is 0.107.